The minimum absolute atomic E-state index is 0.0711. The monoisotopic (exact) mass is 274 g/mol. The normalized spacial score (nSPS) is 10.3. The molecule has 0 aliphatic rings. The fourth-order valence-electron chi connectivity index (χ4n) is 1.95. The summed E-state index contributed by atoms with van der Waals surface area (Å²) in [5.74, 6) is -0.772. The number of pyridine rings is 1. The van der Waals surface area contributed by atoms with Crippen LogP contribution in [0, 0.1) is 12.7 Å². The Morgan fingerprint density at radius 3 is 2.50 bits per heavy atom. The van der Waals surface area contributed by atoms with Gasteiger partial charge in [-0.15, -0.1) is 0 Å². The number of benzene rings is 1. The zero-order valence-electron chi connectivity index (χ0n) is 11.3. The number of carbonyl (C=O) groups excluding carboxylic acids is 1. The molecule has 0 fully saturated rings. The summed E-state index contributed by atoms with van der Waals surface area (Å²) in [5.41, 5.74) is 0.990. The van der Waals surface area contributed by atoms with Crippen LogP contribution >= 0.6 is 0 Å². The number of nitrogens with zero attached hydrogens (tertiary/aromatic N) is 1. The standard InChI is InChI=1S/C15H15FN2O2/c1-3-18(12-6-4-11(16)5-7-12)15(20)13-9-17-10(2)8-14(13)19/h4-9H,3H2,1-2H3,(H,17,19). The van der Waals surface area contributed by atoms with Crippen LogP contribution in [0.15, 0.2) is 41.3 Å². The van der Waals surface area contributed by atoms with E-state index in [0.29, 0.717) is 17.9 Å². The third-order valence-electron chi connectivity index (χ3n) is 2.99. The number of carbonyl (C=O) groups is 1. The molecule has 0 spiro atoms. The molecule has 0 saturated carbocycles. The van der Waals surface area contributed by atoms with E-state index in [1.165, 1.54) is 41.4 Å². The highest BCUT2D eigenvalue weighted by molar-refractivity contribution is 6.05. The van der Waals surface area contributed by atoms with Crippen molar-refractivity contribution in [2.24, 2.45) is 0 Å². The van der Waals surface area contributed by atoms with Crippen LogP contribution in [0.3, 0.4) is 0 Å². The summed E-state index contributed by atoms with van der Waals surface area (Å²) in [7, 11) is 0. The van der Waals surface area contributed by atoms with Crippen LogP contribution in [-0.4, -0.2) is 17.4 Å². The summed E-state index contributed by atoms with van der Waals surface area (Å²) < 4.78 is 12.9. The summed E-state index contributed by atoms with van der Waals surface area (Å²) in [6.07, 6.45) is 1.41. The minimum Gasteiger partial charge on any atom is -0.364 e. The second kappa shape index (κ2) is 5.69. The number of hydrogen-bond donors (Lipinski definition) is 1. The van der Waals surface area contributed by atoms with E-state index in [1.54, 1.807) is 13.8 Å². The Labute approximate surface area is 115 Å². The molecular weight excluding hydrogens is 259 g/mol. The molecule has 1 aromatic heterocycles. The van der Waals surface area contributed by atoms with E-state index < -0.39 is 5.91 Å². The van der Waals surface area contributed by atoms with Gasteiger partial charge in [-0.2, -0.15) is 0 Å². The van der Waals surface area contributed by atoms with Crippen LogP contribution in [-0.2, 0) is 0 Å². The summed E-state index contributed by atoms with van der Waals surface area (Å²) in [4.78, 5) is 28.5. The molecule has 1 N–H and O–H groups in total. The van der Waals surface area contributed by atoms with Crippen molar-refractivity contribution in [3.05, 3.63) is 63.8 Å². The van der Waals surface area contributed by atoms with Crippen molar-refractivity contribution in [2.75, 3.05) is 11.4 Å². The first-order valence-electron chi connectivity index (χ1n) is 6.29. The van der Waals surface area contributed by atoms with Crippen LogP contribution < -0.4 is 10.3 Å². The molecule has 5 heteroatoms. The van der Waals surface area contributed by atoms with Gasteiger partial charge in [-0.1, -0.05) is 0 Å². The molecule has 0 unspecified atom stereocenters. The van der Waals surface area contributed by atoms with E-state index in [9.17, 15) is 14.0 Å². The molecule has 0 radical (unpaired) electrons. The van der Waals surface area contributed by atoms with Gasteiger partial charge >= 0.3 is 0 Å². The van der Waals surface area contributed by atoms with Crippen LogP contribution in [0.1, 0.15) is 23.0 Å². The van der Waals surface area contributed by atoms with Gasteiger partial charge in [-0.25, -0.2) is 4.39 Å². The Bertz CT molecular complexity index is 677. The second-order valence-corrected chi connectivity index (χ2v) is 4.42. The number of anilines is 1. The van der Waals surface area contributed by atoms with E-state index in [4.69, 9.17) is 0 Å². The third-order valence-corrected chi connectivity index (χ3v) is 2.99. The Morgan fingerprint density at radius 1 is 1.30 bits per heavy atom. The molecule has 1 aromatic carbocycles. The Hall–Kier alpha value is -2.43. The van der Waals surface area contributed by atoms with Crippen LogP contribution in [0.2, 0.25) is 0 Å². The first kappa shape index (κ1) is 14.0. The van der Waals surface area contributed by atoms with Crippen molar-refractivity contribution in [1.29, 1.82) is 0 Å². The summed E-state index contributed by atoms with van der Waals surface area (Å²) in [6.45, 7) is 3.93. The van der Waals surface area contributed by atoms with Crippen LogP contribution in [0.25, 0.3) is 0 Å². The number of aromatic nitrogens is 1. The van der Waals surface area contributed by atoms with E-state index >= 15 is 0 Å². The molecule has 20 heavy (non-hydrogen) atoms. The van der Waals surface area contributed by atoms with Gasteiger partial charge in [0.05, 0.1) is 0 Å². The number of H-pyrrole nitrogens is 1. The lowest BCUT2D eigenvalue weighted by atomic mass is 10.2. The van der Waals surface area contributed by atoms with Crippen molar-refractivity contribution >= 4 is 11.6 Å². The molecular formula is C15H15FN2O2. The van der Waals surface area contributed by atoms with Gasteiger partial charge in [0.15, 0.2) is 5.43 Å². The van der Waals surface area contributed by atoms with Crippen molar-refractivity contribution in [3.8, 4) is 0 Å². The highest BCUT2D eigenvalue weighted by Gasteiger charge is 2.18. The number of rotatable bonds is 3. The molecule has 4 nitrogen and oxygen atoms in total. The lowest BCUT2D eigenvalue weighted by molar-refractivity contribution is 0.0987. The lowest BCUT2D eigenvalue weighted by Crippen LogP contribution is -2.34. The second-order valence-electron chi connectivity index (χ2n) is 4.42. The lowest BCUT2D eigenvalue weighted by Gasteiger charge is -2.20. The van der Waals surface area contributed by atoms with Gasteiger partial charge < -0.3 is 9.88 Å². The van der Waals surface area contributed by atoms with Gasteiger partial charge in [-0.3, -0.25) is 9.59 Å². The third kappa shape index (κ3) is 2.77. The molecule has 2 aromatic rings. The number of halogens is 1. The molecule has 1 heterocycles. The molecule has 104 valence electrons. The fourth-order valence-corrected chi connectivity index (χ4v) is 1.95. The summed E-state index contributed by atoms with van der Waals surface area (Å²) >= 11 is 0. The molecule has 0 saturated heterocycles. The first-order chi connectivity index (χ1) is 9.52. The number of aryl methyl sites for hydroxylation is 1. The van der Waals surface area contributed by atoms with E-state index in [2.05, 4.69) is 4.98 Å². The van der Waals surface area contributed by atoms with E-state index in [0.717, 1.165) is 0 Å². The number of hydrogen-bond acceptors (Lipinski definition) is 2. The fraction of sp³-hybridized carbons (Fsp3) is 0.200. The smallest absolute Gasteiger partial charge is 0.263 e. The Balaban J connectivity index is 2.38. The minimum atomic E-state index is -0.402. The number of amides is 1. The number of aromatic amines is 1. The molecule has 0 bridgehead atoms. The predicted octanol–water partition coefficient (Wildman–Crippen LogP) is 2.49. The molecule has 0 atom stereocenters. The highest BCUT2D eigenvalue weighted by atomic mass is 19.1. The maximum atomic E-state index is 12.9. The average Bonchev–Trinajstić information content (AvgIpc) is 2.41. The van der Waals surface area contributed by atoms with Crippen LogP contribution in [0.5, 0.6) is 0 Å². The summed E-state index contributed by atoms with van der Waals surface area (Å²) in [5, 5.41) is 0. The molecule has 0 aliphatic carbocycles. The van der Waals surface area contributed by atoms with Gasteiger partial charge in [0.2, 0.25) is 0 Å². The molecule has 1 amide bonds. The first-order valence-corrected chi connectivity index (χ1v) is 6.29. The maximum Gasteiger partial charge on any atom is 0.263 e. The predicted molar refractivity (Wildman–Crippen MR) is 75.6 cm³/mol. The molecule has 2 rings (SSSR count). The molecule has 0 aliphatic heterocycles. The van der Waals surface area contributed by atoms with Gasteiger partial charge in [0.25, 0.3) is 5.91 Å². The Morgan fingerprint density at radius 2 is 1.95 bits per heavy atom. The van der Waals surface area contributed by atoms with Crippen molar-refractivity contribution in [3.63, 3.8) is 0 Å². The van der Waals surface area contributed by atoms with Crippen LogP contribution in [0.4, 0.5) is 10.1 Å². The quantitative estimate of drug-likeness (QED) is 0.935. The van der Waals surface area contributed by atoms with Gasteiger partial charge in [-0.05, 0) is 38.1 Å². The van der Waals surface area contributed by atoms with Crippen molar-refractivity contribution in [1.82, 2.24) is 4.98 Å². The highest BCUT2D eigenvalue weighted by Crippen LogP contribution is 2.16. The zero-order chi connectivity index (χ0) is 14.7. The van der Waals surface area contributed by atoms with E-state index in [1.807, 2.05) is 0 Å². The van der Waals surface area contributed by atoms with Crippen molar-refractivity contribution in [2.45, 2.75) is 13.8 Å². The van der Waals surface area contributed by atoms with Gasteiger partial charge in [0.1, 0.15) is 11.4 Å². The van der Waals surface area contributed by atoms with Crippen molar-refractivity contribution < 1.29 is 9.18 Å². The largest absolute Gasteiger partial charge is 0.364 e. The Kier molecular flexibility index (Phi) is 3.98. The van der Waals surface area contributed by atoms with Gasteiger partial charge in [0, 0.05) is 30.2 Å². The average molecular weight is 274 g/mol. The maximum absolute atomic E-state index is 12.9. The SMILES string of the molecule is CCN(C(=O)c1c[nH]c(C)cc1=O)c1ccc(F)cc1. The zero-order valence-corrected chi connectivity index (χ0v) is 11.3. The number of nitrogens with one attached hydrogen (secondary N) is 1. The van der Waals surface area contributed by atoms with E-state index in [-0.39, 0.29) is 16.8 Å². The summed E-state index contributed by atoms with van der Waals surface area (Å²) in [6, 6.07) is 6.97. The topological polar surface area (TPSA) is 53.2 Å².